The fourth-order valence-electron chi connectivity index (χ4n) is 3.94. The molecular formula is C25H28N4O2S2. The van der Waals surface area contributed by atoms with Crippen molar-refractivity contribution in [1.82, 2.24) is 9.47 Å². The zero-order chi connectivity index (χ0) is 24.3. The molecule has 1 amide bonds. The predicted octanol–water partition coefficient (Wildman–Crippen LogP) is 4.60. The van der Waals surface area contributed by atoms with E-state index in [1.807, 2.05) is 52.0 Å². The molecule has 8 heteroatoms. The first kappa shape index (κ1) is 24.7. The highest BCUT2D eigenvalue weighted by Crippen LogP contribution is 2.36. The molecule has 0 unspecified atom stereocenters. The summed E-state index contributed by atoms with van der Waals surface area (Å²) >= 11 is 6.78. The summed E-state index contributed by atoms with van der Waals surface area (Å²) in [5.41, 5.74) is 3.26. The maximum atomic E-state index is 13.3. The quantitative estimate of drug-likeness (QED) is 0.426. The molecule has 1 saturated heterocycles. The number of nitrogens with zero attached hydrogens (tertiary/aromatic N) is 4. The maximum absolute atomic E-state index is 13.3. The van der Waals surface area contributed by atoms with Crippen molar-refractivity contribution in [2.24, 2.45) is 0 Å². The summed E-state index contributed by atoms with van der Waals surface area (Å²) in [6, 6.07) is 10.1. The number of aryl methyl sites for hydroxylation is 1. The van der Waals surface area contributed by atoms with Crippen molar-refractivity contribution in [1.29, 1.82) is 5.26 Å². The van der Waals surface area contributed by atoms with E-state index in [0.717, 1.165) is 16.9 Å². The number of aromatic nitrogens is 1. The van der Waals surface area contributed by atoms with Gasteiger partial charge in [-0.3, -0.25) is 19.1 Å². The number of benzene rings is 1. The molecule has 6 nitrogen and oxygen atoms in total. The second-order valence-corrected chi connectivity index (χ2v) is 9.50. The summed E-state index contributed by atoms with van der Waals surface area (Å²) in [6.45, 7) is 11.9. The van der Waals surface area contributed by atoms with Gasteiger partial charge in [0.1, 0.15) is 21.8 Å². The minimum atomic E-state index is -0.302. The van der Waals surface area contributed by atoms with Gasteiger partial charge in [-0.2, -0.15) is 5.26 Å². The van der Waals surface area contributed by atoms with Crippen LogP contribution in [0.5, 0.6) is 0 Å². The monoisotopic (exact) mass is 480 g/mol. The number of anilines is 1. The lowest BCUT2D eigenvalue weighted by atomic mass is 10.0. The van der Waals surface area contributed by atoms with E-state index in [9.17, 15) is 14.9 Å². The van der Waals surface area contributed by atoms with Gasteiger partial charge in [0, 0.05) is 25.2 Å². The van der Waals surface area contributed by atoms with Gasteiger partial charge >= 0.3 is 0 Å². The molecule has 0 aliphatic carbocycles. The first-order valence-corrected chi connectivity index (χ1v) is 12.2. The first-order valence-electron chi connectivity index (χ1n) is 11.0. The Kier molecular flexibility index (Phi) is 7.77. The second kappa shape index (κ2) is 10.4. The highest BCUT2D eigenvalue weighted by molar-refractivity contribution is 8.26. The Balaban J connectivity index is 2.12. The Morgan fingerprint density at radius 1 is 1.12 bits per heavy atom. The van der Waals surface area contributed by atoms with Crippen LogP contribution in [0.4, 0.5) is 5.82 Å². The number of pyridine rings is 1. The molecule has 0 saturated carbocycles. The topological polar surface area (TPSA) is 69.3 Å². The third-order valence-corrected chi connectivity index (χ3v) is 7.21. The number of carbonyl (C=O) groups is 1. The Hall–Kier alpha value is -2.89. The zero-order valence-electron chi connectivity index (χ0n) is 19.6. The van der Waals surface area contributed by atoms with Gasteiger partial charge in [-0.1, -0.05) is 53.8 Å². The average Bonchev–Trinajstić information content (AvgIpc) is 3.06. The highest BCUT2D eigenvalue weighted by Gasteiger charge is 2.33. The van der Waals surface area contributed by atoms with E-state index < -0.39 is 0 Å². The smallest absolute Gasteiger partial charge is 0.270 e. The van der Waals surface area contributed by atoms with Crippen molar-refractivity contribution < 1.29 is 4.79 Å². The fraction of sp³-hybridized carbons (Fsp3) is 0.360. The molecule has 0 spiro atoms. The lowest BCUT2D eigenvalue weighted by Gasteiger charge is -2.28. The van der Waals surface area contributed by atoms with E-state index >= 15 is 0 Å². The summed E-state index contributed by atoms with van der Waals surface area (Å²) in [5.74, 6) is 0.566. The Bertz CT molecular complexity index is 1220. The minimum absolute atomic E-state index is 0.106. The fourth-order valence-corrected chi connectivity index (χ4v) is 5.18. The van der Waals surface area contributed by atoms with Crippen LogP contribution in [0.1, 0.15) is 48.6 Å². The summed E-state index contributed by atoms with van der Waals surface area (Å²) in [6.07, 6.45) is 1.80. The summed E-state index contributed by atoms with van der Waals surface area (Å²) < 4.78 is 2.12. The van der Waals surface area contributed by atoms with E-state index in [2.05, 4.69) is 11.0 Å². The van der Waals surface area contributed by atoms with Gasteiger partial charge in [0.2, 0.25) is 0 Å². The van der Waals surface area contributed by atoms with Crippen LogP contribution in [0.2, 0.25) is 0 Å². The SMILES string of the molecule is CCN(CC)c1c(C=C2SC(=S)N(Cc3ccc(C)cc3)C2=O)c(C)c(C#N)c(=O)n1CC. The van der Waals surface area contributed by atoms with Gasteiger partial charge < -0.3 is 4.90 Å². The number of carbonyl (C=O) groups excluding carboxylic acids is 1. The van der Waals surface area contributed by atoms with E-state index in [4.69, 9.17) is 12.2 Å². The number of thioether (sulfide) groups is 1. The number of thiocarbonyl (C=S) groups is 1. The Labute approximate surface area is 204 Å². The molecule has 1 aromatic carbocycles. The highest BCUT2D eigenvalue weighted by atomic mass is 32.2. The molecular weight excluding hydrogens is 452 g/mol. The summed E-state index contributed by atoms with van der Waals surface area (Å²) in [7, 11) is 0. The number of hydrogen-bond donors (Lipinski definition) is 0. The van der Waals surface area contributed by atoms with Crippen molar-refractivity contribution >= 4 is 46.1 Å². The largest absolute Gasteiger partial charge is 0.358 e. The molecule has 0 atom stereocenters. The van der Waals surface area contributed by atoms with E-state index in [1.165, 1.54) is 11.8 Å². The molecule has 33 heavy (non-hydrogen) atoms. The lowest BCUT2D eigenvalue weighted by molar-refractivity contribution is -0.122. The minimum Gasteiger partial charge on any atom is -0.358 e. The number of nitriles is 1. The van der Waals surface area contributed by atoms with Crippen molar-refractivity contribution in [3.63, 3.8) is 0 Å². The third kappa shape index (κ3) is 4.75. The molecule has 1 fully saturated rings. The van der Waals surface area contributed by atoms with E-state index in [0.29, 0.717) is 46.5 Å². The van der Waals surface area contributed by atoms with Crippen LogP contribution in [0.3, 0.4) is 0 Å². The van der Waals surface area contributed by atoms with E-state index in [1.54, 1.807) is 22.5 Å². The maximum Gasteiger partial charge on any atom is 0.270 e. The van der Waals surface area contributed by atoms with Gasteiger partial charge in [0.15, 0.2) is 0 Å². The van der Waals surface area contributed by atoms with Gasteiger partial charge in [-0.05, 0) is 51.8 Å². The molecule has 0 bridgehead atoms. The van der Waals surface area contributed by atoms with Crippen molar-refractivity contribution in [2.75, 3.05) is 18.0 Å². The van der Waals surface area contributed by atoms with Crippen LogP contribution in [-0.2, 0) is 17.9 Å². The number of rotatable bonds is 7. The third-order valence-electron chi connectivity index (χ3n) is 5.84. The molecule has 2 aromatic rings. The van der Waals surface area contributed by atoms with E-state index in [-0.39, 0.29) is 17.0 Å². The molecule has 1 aromatic heterocycles. The van der Waals surface area contributed by atoms with Gasteiger partial charge in [0.25, 0.3) is 11.5 Å². The standard InChI is InChI=1S/C25H28N4O2S2/c1-6-27(7-2)22-19(17(5)20(14-26)23(30)28(22)8-3)13-21-24(31)29(25(32)33-21)15-18-11-9-16(4)10-12-18/h9-13H,6-8,15H2,1-5H3. The Morgan fingerprint density at radius 3 is 2.30 bits per heavy atom. The molecule has 0 radical (unpaired) electrons. The van der Waals surface area contributed by atoms with Gasteiger partial charge in [-0.25, -0.2) is 0 Å². The van der Waals surface area contributed by atoms with Crippen molar-refractivity contribution in [3.05, 3.63) is 67.3 Å². The zero-order valence-corrected chi connectivity index (χ0v) is 21.3. The normalized spacial score (nSPS) is 14.8. The molecule has 1 aliphatic rings. The number of hydrogen-bond acceptors (Lipinski definition) is 6. The van der Waals surface area contributed by atoms with Crippen LogP contribution in [0.25, 0.3) is 6.08 Å². The van der Waals surface area contributed by atoms with Crippen LogP contribution in [0.15, 0.2) is 34.0 Å². The summed E-state index contributed by atoms with van der Waals surface area (Å²) in [5, 5.41) is 9.67. The predicted molar refractivity (Wildman–Crippen MR) is 139 cm³/mol. The molecule has 3 rings (SSSR count). The molecule has 0 N–H and O–H groups in total. The van der Waals surface area contributed by atoms with Gasteiger partial charge in [0.05, 0.1) is 11.4 Å². The van der Waals surface area contributed by atoms with Crippen LogP contribution in [0, 0.1) is 25.2 Å². The van der Waals surface area contributed by atoms with Crippen LogP contribution < -0.4 is 10.5 Å². The molecule has 172 valence electrons. The molecule has 1 aliphatic heterocycles. The Morgan fingerprint density at radius 2 is 1.76 bits per heavy atom. The second-order valence-electron chi connectivity index (χ2n) is 7.82. The number of amides is 1. The van der Waals surface area contributed by atoms with Crippen LogP contribution >= 0.6 is 24.0 Å². The van der Waals surface area contributed by atoms with Crippen molar-refractivity contribution in [2.45, 2.75) is 47.7 Å². The average molecular weight is 481 g/mol. The lowest BCUT2D eigenvalue weighted by Crippen LogP contribution is -2.34. The van der Waals surface area contributed by atoms with Crippen LogP contribution in [-0.4, -0.2) is 32.8 Å². The first-order chi connectivity index (χ1) is 15.8. The summed E-state index contributed by atoms with van der Waals surface area (Å²) in [4.78, 5) is 30.5. The van der Waals surface area contributed by atoms with Gasteiger partial charge in [-0.15, -0.1) is 0 Å². The molecule has 2 heterocycles. The van der Waals surface area contributed by atoms with Crippen molar-refractivity contribution in [3.8, 4) is 6.07 Å².